The minimum Gasteiger partial charge on any atom is -0.481 e. The van der Waals surface area contributed by atoms with Gasteiger partial charge in [-0.25, -0.2) is 0 Å². The number of allylic oxidation sites excluding steroid dienone is 2. The molecule has 0 aromatic heterocycles. The number of carboxylic acids is 1. The Hall–Kier alpha value is -0.0900. The van der Waals surface area contributed by atoms with E-state index in [2.05, 4.69) is 30.2 Å². The normalized spacial score (nSPS) is 33.3. The molecule has 108 valence electrons. The molecule has 2 fully saturated rings. The molecule has 0 spiro atoms. The van der Waals surface area contributed by atoms with Gasteiger partial charge in [0.05, 0.1) is 0 Å². The molecule has 2 aliphatic heterocycles. The summed E-state index contributed by atoms with van der Waals surface area (Å²) in [4.78, 5) is 10.4. The molecule has 1 N–H and O–H groups in total. The van der Waals surface area contributed by atoms with Gasteiger partial charge >= 0.3 is 5.97 Å². The van der Waals surface area contributed by atoms with Crippen molar-refractivity contribution in [3.8, 4) is 0 Å². The van der Waals surface area contributed by atoms with Gasteiger partial charge in [0.1, 0.15) is 0 Å². The van der Waals surface area contributed by atoms with Crippen molar-refractivity contribution >= 4 is 29.5 Å². The topological polar surface area (TPSA) is 37.3 Å². The van der Waals surface area contributed by atoms with Crippen LogP contribution < -0.4 is 0 Å². The first-order chi connectivity index (χ1) is 9.22. The van der Waals surface area contributed by atoms with Crippen molar-refractivity contribution in [3.05, 3.63) is 12.2 Å². The van der Waals surface area contributed by atoms with Crippen LogP contribution in [0.15, 0.2) is 12.2 Å². The van der Waals surface area contributed by atoms with Crippen LogP contribution in [0.1, 0.15) is 38.5 Å². The lowest BCUT2D eigenvalue weighted by Crippen LogP contribution is -2.28. The Morgan fingerprint density at radius 2 is 2.05 bits per heavy atom. The standard InChI is InChI=1S/C15H24O2S2/c1-18-10-12-11(13-8-9-14(12)19-13)6-4-2-3-5-7-15(16)17/h2,4,11-14H,3,5-10H2,1H3,(H,16,17)/b4-2-/t11-,12+,13-,14+/m1/s1. The molecule has 2 heterocycles. The number of hydrogen-bond donors (Lipinski definition) is 1. The number of thioether (sulfide) groups is 2. The molecule has 0 radical (unpaired) electrons. The van der Waals surface area contributed by atoms with E-state index >= 15 is 0 Å². The lowest BCUT2D eigenvalue weighted by molar-refractivity contribution is -0.137. The maximum absolute atomic E-state index is 10.4. The summed E-state index contributed by atoms with van der Waals surface area (Å²) in [7, 11) is 0. The van der Waals surface area contributed by atoms with Gasteiger partial charge in [-0.2, -0.15) is 23.5 Å². The predicted octanol–water partition coefficient (Wildman–Crippen LogP) is 4.06. The van der Waals surface area contributed by atoms with E-state index in [1.54, 1.807) is 0 Å². The highest BCUT2D eigenvalue weighted by molar-refractivity contribution is 8.01. The molecule has 19 heavy (non-hydrogen) atoms. The van der Waals surface area contributed by atoms with Crippen molar-refractivity contribution in [3.63, 3.8) is 0 Å². The largest absolute Gasteiger partial charge is 0.481 e. The van der Waals surface area contributed by atoms with Crippen molar-refractivity contribution in [2.45, 2.75) is 49.0 Å². The van der Waals surface area contributed by atoms with Crippen LogP contribution in [-0.2, 0) is 4.79 Å². The number of hydrogen-bond acceptors (Lipinski definition) is 3. The summed E-state index contributed by atoms with van der Waals surface area (Å²) in [5.74, 6) is 2.40. The Balaban J connectivity index is 1.72. The van der Waals surface area contributed by atoms with Gasteiger partial charge in [0.15, 0.2) is 0 Å². The van der Waals surface area contributed by atoms with Crippen LogP contribution in [0.25, 0.3) is 0 Å². The molecule has 0 saturated carbocycles. The van der Waals surface area contributed by atoms with Crippen molar-refractivity contribution in [1.29, 1.82) is 0 Å². The van der Waals surface area contributed by atoms with Crippen LogP contribution in [0.5, 0.6) is 0 Å². The number of fused-ring (bicyclic) bond motifs is 2. The molecular formula is C15H24O2S2. The summed E-state index contributed by atoms with van der Waals surface area (Å²) in [6.45, 7) is 0. The van der Waals surface area contributed by atoms with Gasteiger partial charge in [0.2, 0.25) is 0 Å². The molecular weight excluding hydrogens is 276 g/mol. The Morgan fingerprint density at radius 3 is 2.74 bits per heavy atom. The highest BCUT2D eigenvalue weighted by Gasteiger charge is 2.46. The fourth-order valence-corrected chi connectivity index (χ4v) is 6.36. The molecule has 0 unspecified atom stereocenters. The summed E-state index contributed by atoms with van der Waals surface area (Å²) in [5.41, 5.74) is 0. The van der Waals surface area contributed by atoms with E-state index in [0.717, 1.165) is 35.2 Å². The van der Waals surface area contributed by atoms with Gasteiger partial charge in [-0.05, 0) is 55.9 Å². The Labute approximate surface area is 124 Å². The SMILES string of the molecule is CSC[C@H]1[C@@H](C/C=C\CCCC(=O)O)[C@H]2CC[C@@H]1S2. The number of aliphatic carboxylic acids is 1. The smallest absolute Gasteiger partial charge is 0.303 e. The molecule has 2 nitrogen and oxygen atoms in total. The summed E-state index contributed by atoms with van der Waals surface area (Å²) < 4.78 is 0. The maximum atomic E-state index is 10.4. The van der Waals surface area contributed by atoms with Gasteiger partial charge in [-0.15, -0.1) is 0 Å². The molecule has 2 bridgehead atoms. The summed E-state index contributed by atoms with van der Waals surface area (Å²) in [6, 6.07) is 0. The van der Waals surface area contributed by atoms with Crippen LogP contribution in [0.3, 0.4) is 0 Å². The molecule has 0 aromatic carbocycles. The molecule has 2 rings (SSSR count). The Bertz CT molecular complexity index is 330. The number of unbranched alkanes of at least 4 members (excludes halogenated alkanes) is 1. The van der Waals surface area contributed by atoms with Crippen LogP contribution in [-0.4, -0.2) is 33.6 Å². The zero-order chi connectivity index (χ0) is 13.7. The van der Waals surface area contributed by atoms with Gasteiger partial charge < -0.3 is 5.11 Å². The minimum atomic E-state index is -0.682. The second-order valence-electron chi connectivity index (χ2n) is 5.57. The maximum Gasteiger partial charge on any atom is 0.303 e. The average molecular weight is 300 g/mol. The second-order valence-corrected chi connectivity index (χ2v) is 7.96. The van der Waals surface area contributed by atoms with Crippen molar-refractivity contribution < 1.29 is 9.90 Å². The van der Waals surface area contributed by atoms with Crippen LogP contribution >= 0.6 is 23.5 Å². The first-order valence-electron chi connectivity index (χ1n) is 7.23. The van der Waals surface area contributed by atoms with E-state index in [4.69, 9.17) is 5.11 Å². The predicted molar refractivity (Wildman–Crippen MR) is 85.0 cm³/mol. The number of carbonyl (C=O) groups is 1. The minimum absolute atomic E-state index is 0.295. The van der Waals surface area contributed by atoms with E-state index in [1.165, 1.54) is 25.0 Å². The molecule has 2 aliphatic rings. The van der Waals surface area contributed by atoms with Crippen LogP contribution in [0.4, 0.5) is 0 Å². The van der Waals surface area contributed by atoms with Crippen molar-refractivity contribution in [2.75, 3.05) is 12.0 Å². The molecule has 0 aliphatic carbocycles. The van der Waals surface area contributed by atoms with E-state index in [9.17, 15) is 4.79 Å². The first-order valence-corrected chi connectivity index (χ1v) is 9.57. The van der Waals surface area contributed by atoms with E-state index in [1.807, 2.05) is 11.8 Å². The average Bonchev–Trinajstić information content (AvgIpc) is 2.95. The fraction of sp³-hybridized carbons (Fsp3) is 0.800. The summed E-state index contributed by atoms with van der Waals surface area (Å²) in [6.07, 6.45) is 12.7. The first kappa shape index (κ1) is 15.3. The van der Waals surface area contributed by atoms with Crippen LogP contribution in [0, 0.1) is 11.8 Å². The van der Waals surface area contributed by atoms with E-state index < -0.39 is 5.97 Å². The van der Waals surface area contributed by atoms with Crippen LogP contribution in [0.2, 0.25) is 0 Å². The van der Waals surface area contributed by atoms with E-state index in [-0.39, 0.29) is 0 Å². The zero-order valence-electron chi connectivity index (χ0n) is 11.6. The molecule has 2 saturated heterocycles. The molecule has 0 aromatic rings. The third kappa shape index (κ3) is 4.19. The van der Waals surface area contributed by atoms with Crippen molar-refractivity contribution in [1.82, 2.24) is 0 Å². The summed E-state index contributed by atoms with van der Waals surface area (Å²) in [5, 5.41) is 10.4. The molecule has 0 amide bonds. The highest BCUT2D eigenvalue weighted by Crippen LogP contribution is 2.54. The molecule has 4 heteroatoms. The van der Waals surface area contributed by atoms with Gasteiger partial charge in [0, 0.05) is 16.9 Å². The highest BCUT2D eigenvalue weighted by atomic mass is 32.2. The lowest BCUT2D eigenvalue weighted by atomic mass is 9.78. The van der Waals surface area contributed by atoms with Crippen molar-refractivity contribution in [2.24, 2.45) is 11.8 Å². The Morgan fingerprint density at radius 1 is 1.32 bits per heavy atom. The monoisotopic (exact) mass is 300 g/mol. The fourth-order valence-electron chi connectivity index (χ4n) is 3.36. The second kappa shape index (κ2) is 7.63. The zero-order valence-corrected chi connectivity index (χ0v) is 13.2. The third-order valence-corrected chi connectivity index (χ3v) is 6.87. The molecule has 4 atom stereocenters. The third-order valence-electron chi connectivity index (χ3n) is 4.29. The van der Waals surface area contributed by atoms with Gasteiger partial charge in [-0.1, -0.05) is 12.2 Å². The number of rotatable bonds is 8. The van der Waals surface area contributed by atoms with Gasteiger partial charge in [-0.3, -0.25) is 4.79 Å². The quantitative estimate of drug-likeness (QED) is 0.542. The lowest BCUT2D eigenvalue weighted by Gasteiger charge is -2.28. The van der Waals surface area contributed by atoms with Gasteiger partial charge in [0.25, 0.3) is 0 Å². The summed E-state index contributed by atoms with van der Waals surface area (Å²) >= 11 is 4.23. The number of carboxylic acid groups (broad SMARTS) is 1. The Kier molecular flexibility index (Phi) is 6.14. The van der Waals surface area contributed by atoms with E-state index in [0.29, 0.717) is 6.42 Å².